The van der Waals surface area contributed by atoms with Crippen LogP contribution in [0.1, 0.15) is 19.3 Å². The van der Waals surface area contributed by atoms with Crippen LogP contribution in [0, 0.1) is 0 Å². The second-order valence-electron chi connectivity index (χ2n) is 5.12. The lowest BCUT2D eigenvalue weighted by Gasteiger charge is -2.43. The van der Waals surface area contributed by atoms with Crippen molar-refractivity contribution < 1.29 is 14.3 Å². The number of ether oxygens (including phenoxy) is 1. The Kier molecular flexibility index (Phi) is 3.87. The van der Waals surface area contributed by atoms with Gasteiger partial charge in [0, 0.05) is 33.3 Å². The second-order valence-corrected chi connectivity index (χ2v) is 5.12. The van der Waals surface area contributed by atoms with Gasteiger partial charge in [0.05, 0.1) is 5.54 Å². The fourth-order valence-electron chi connectivity index (χ4n) is 2.46. The predicted molar refractivity (Wildman–Crippen MR) is 65.8 cm³/mol. The van der Waals surface area contributed by atoms with Crippen LogP contribution in [0.15, 0.2) is 0 Å². The van der Waals surface area contributed by atoms with Gasteiger partial charge >= 0.3 is 0 Å². The zero-order valence-corrected chi connectivity index (χ0v) is 10.9. The van der Waals surface area contributed by atoms with Crippen LogP contribution in [0.4, 0.5) is 0 Å². The number of nitrogens with two attached hydrogens (primary N) is 1. The molecule has 2 fully saturated rings. The molecule has 1 saturated heterocycles. The van der Waals surface area contributed by atoms with Crippen molar-refractivity contribution in [2.75, 3.05) is 39.9 Å². The summed E-state index contributed by atoms with van der Waals surface area (Å²) >= 11 is 0. The molecule has 102 valence electrons. The highest BCUT2D eigenvalue weighted by Gasteiger charge is 2.43. The Morgan fingerprint density at radius 3 is 2.17 bits per heavy atom. The first-order chi connectivity index (χ1) is 8.57. The third kappa shape index (κ3) is 2.49. The lowest BCUT2D eigenvalue weighted by molar-refractivity contribution is -0.146. The fourth-order valence-corrected chi connectivity index (χ4v) is 2.46. The van der Waals surface area contributed by atoms with Gasteiger partial charge in [0.15, 0.2) is 0 Å². The van der Waals surface area contributed by atoms with E-state index in [-0.39, 0.29) is 18.4 Å². The van der Waals surface area contributed by atoms with Crippen molar-refractivity contribution in [3.8, 4) is 0 Å². The minimum atomic E-state index is -0.626. The summed E-state index contributed by atoms with van der Waals surface area (Å²) in [4.78, 5) is 27.3. The average molecular weight is 255 g/mol. The molecule has 0 radical (unpaired) electrons. The van der Waals surface area contributed by atoms with Crippen molar-refractivity contribution >= 4 is 11.8 Å². The summed E-state index contributed by atoms with van der Waals surface area (Å²) in [6.45, 7) is 2.41. The number of rotatable bonds is 3. The highest BCUT2D eigenvalue weighted by atomic mass is 16.5. The number of piperazine rings is 1. The molecule has 0 aromatic rings. The van der Waals surface area contributed by atoms with Crippen molar-refractivity contribution in [1.29, 1.82) is 0 Å². The lowest BCUT2D eigenvalue weighted by atomic mass is 9.76. The van der Waals surface area contributed by atoms with Gasteiger partial charge in [-0.3, -0.25) is 9.59 Å². The summed E-state index contributed by atoms with van der Waals surface area (Å²) in [6.07, 6.45) is 2.61. The number of carbonyl (C=O) groups is 2. The van der Waals surface area contributed by atoms with E-state index in [2.05, 4.69) is 0 Å². The molecule has 2 N–H and O–H groups in total. The third-order valence-corrected chi connectivity index (χ3v) is 3.86. The molecule has 0 unspecified atom stereocenters. The van der Waals surface area contributed by atoms with E-state index in [4.69, 9.17) is 10.5 Å². The minimum absolute atomic E-state index is 0.0179. The largest absolute Gasteiger partial charge is 0.375 e. The molecule has 6 nitrogen and oxygen atoms in total. The molecule has 2 rings (SSSR count). The highest BCUT2D eigenvalue weighted by Crippen LogP contribution is 2.31. The van der Waals surface area contributed by atoms with Gasteiger partial charge in [-0.15, -0.1) is 0 Å². The molecule has 6 heteroatoms. The Morgan fingerprint density at radius 1 is 1.17 bits per heavy atom. The summed E-state index contributed by atoms with van der Waals surface area (Å²) in [7, 11) is 1.51. The van der Waals surface area contributed by atoms with Crippen molar-refractivity contribution in [3.63, 3.8) is 0 Å². The minimum Gasteiger partial charge on any atom is -0.375 e. The lowest BCUT2D eigenvalue weighted by Crippen LogP contribution is -2.63. The molecule has 0 aromatic carbocycles. The monoisotopic (exact) mass is 255 g/mol. The first-order valence-corrected chi connectivity index (χ1v) is 6.42. The summed E-state index contributed by atoms with van der Waals surface area (Å²) in [5.74, 6) is 0.0308. The molecule has 1 aliphatic heterocycles. The first-order valence-electron chi connectivity index (χ1n) is 6.42. The maximum absolute atomic E-state index is 12.2. The number of hydrogen-bond acceptors (Lipinski definition) is 4. The summed E-state index contributed by atoms with van der Waals surface area (Å²) < 4.78 is 4.82. The zero-order valence-electron chi connectivity index (χ0n) is 10.9. The van der Waals surface area contributed by atoms with Crippen LogP contribution in [0.25, 0.3) is 0 Å². The van der Waals surface area contributed by atoms with Crippen LogP contribution < -0.4 is 5.73 Å². The fraction of sp³-hybridized carbons (Fsp3) is 0.833. The molecular weight excluding hydrogens is 234 g/mol. The highest BCUT2D eigenvalue weighted by molar-refractivity contribution is 5.87. The molecule has 2 aliphatic rings. The van der Waals surface area contributed by atoms with Gasteiger partial charge in [0.2, 0.25) is 11.8 Å². The molecule has 0 bridgehead atoms. The Morgan fingerprint density at radius 2 is 1.72 bits per heavy atom. The van der Waals surface area contributed by atoms with Crippen LogP contribution in [-0.2, 0) is 14.3 Å². The van der Waals surface area contributed by atoms with Gasteiger partial charge in [-0.2, -0.15) is 0 Å². The average Bonchev–Trinajstić information content (AvgIpc) is 2.35. The zero-order chi connectivity index (χ0) is 13.2. The van der Waals surface area contributed by atoms with Crippen LogP contribution in [0.5, 0.6) is 0 Å². The van der Waals surface area contributed by atoms with Crippen molar-refractivity contribution in [1.82, 2.24) is 9.80 Å². The molecule has 0 aromatic heterocycles. The molecule has 2 amide bonds. The Bertz CT molecular complexity index is 333. The van der Waals surface area contributed by atoms with E-state index in [0.29, 0.717) is 26.2 Å². The van der Waals surface area contributed by atoms with Crippen molar-refractivity contribution in [3.05, 3.63) is 0 Å². The van der Waals surface area contributed by atoms with E-state index < -0.39 is 5.54 Å². The number of amides is 2. The molecule has 1 heterocycles. The van der Waals surface area contributed by atoms with Crippen molar-refractivity contribution in [2.45, 2.75) is 24.8 Å². The van der Waals surface area contributed by atoms with Gasteiger partial charge in [0.25, 0.3) is 0 Å². The number of nitrogens with zero attached hydrogens (tertiary/aromatic N) is 2. The van der Waals surface area contributed by atoms with Crippen LogP contribution >= 0.6 is 0 Å². The Balaban J connectivity index is 1.83. The summed E-state index contributed by atoms with van der Waals surface area (Å²) in [5, 5.41) is 0. The quantitative estimate of drug-likeness (QED) is 0.715. The van der Waals surface area contributed by atoms with E-state index >= 15 is 0 Å². The predicted octanol–water partition coefficient (Wildman–Crippen LogP) is -0.815. The second kappa shape index (κ2) is 5.24. The topological polar surface area (TPSA) is 75.9 Å². The van der Waals surface area contributed by atoms with Crippen LogP contribution in [-0.4, -0.2) is 67.0 Å². The van der Waals surface area contributed by atoms with E-state index in [1.165, 1.54) is 7.11 Å². The first kappa shape index (κ1) is 13.3. The normalized spacial score (nSPS) is 22.6. The maximum Gasteiger partial charge on any atom is 0.248 e. The number of methoxy groups -OCH3 is 1. The van der Waals surface area contributed by atoms with Crippen molar-refractivity contribution in [2.24, 2.45) is 5.73 Å². The standard InChI is InChI=1S/C12H21N3O3/c1-18-9-10(16)14-5-7-15(8-6-14)11(17)12(13)3-2-4-12/h2-9,13H2,1H3. The van der Waals surface area contributed by atoms with Gasteiger partial charge < -0.3 is 20.3 Å². The maximum atomic E-state index is 12.2. The molecule has 1 saturated carbocycles. The smallest absolute Gasteiger partial charge is 0.248 e. The third-order valence-electron chi connectivity index (χ3n) is 3.86. The van der Waals surface area contributed by atoms with Gasteiger partial charge in [-0.1, -0.05) is 0 Å². The number of hydrogen-bond donors (Lipinski definition) is 1. The van der Waals surface area contributed by atoms with Gasteiger partial charge in [0.1, 0.15) is 6.61 Å². The molecule has 0 spiro atoms. The van der Waals surface area contributed by atoms with E-state index in [1.54, 1.807) is 9.80 Å². The van der Waals surface area contributed by atoms with E-state index in [1.807, 2.05) is 0 Å². The summed E-state index contributed by atoms with van der Waals surface area (Å²) in [6, 6.07) is 0. The SMILES string of the molecule is COCC(=O)N1CCN(C(=O)C2(N)CCC2)CC1. The van der Waals surface area contributed by atoms with Crippen LogP contribution in [0.2, 0.25) is 0 Å². The molecular formula is C12H21N3O3. The molecule has 18 heavy (non-hydrogen) atoms. The molecule has 0 atom stereocenters. The summed E-state index contributed by atoms with van der Waals surface area (Å²) in [5.41, 5.74) is 5.40. The number of carbonyl (C=O) groups excluding carboxylic acids is 2. The van der Waals surface area contributed by atoms with Crippen LogP contribution in [0.3, 0.4) is 0 Å². The van der Waals surface area contributed by atoms with Gasteiger partial charge in [-0.25, -0.2) is 0 Å². The Labute approximate surface area is 107 Å². The van der Waals surface area contributed by atoms with E-state index in [0.717, 1.165) is 19.3 Å². The molecule has 1 aliphatic carbocycles. The van der Waals surface area contributed by atoms with Gasteiger partial charge in [-0.05, 0) is 19.3 Å². The van der Waals surface area contributed by atoms with E-state index in [9.17, 15) is 9.59 Å². The Hall–Kier alpha value is -1.14.